The predicted molar refractivity (Wildman–Crippen MR) is 86.6 cm³/mol. The van der Waals surface area contributed by atoms with Gasteiger partial charge in [0.15, 0.2) is 0 Å². The summed E-state index contributed by atoms with van der Waals surface area (Å²) in [5.74, 6) is 3.39. The average Bonchev–Trinajstić information content (AvgIpc) is 3.23. The molecule has 114 valence electrons. The van der Waals surface area contributed by atoms with E-state index in [4.69, 9.17) is 4.42 Å². The van der Waals surface area contributed by atoms with Crippen LogP contribution in [0.3, 0.4) is 0 Å². The number of hydrogen-bond acceptors (Lipinski definition) is 3. The van der Waals surface area contributed by atoms with E-state index in [1.807, 2.05) is 23.6 Å². The Balaban J connectivity index is 1.37. The van der Waals surface area contributed by atoms with Gasteiger partial charge >= 0.3 is 0 Å². The minimum absolute atomic E-state index is 0.0532. The summed E-state index contributed by atoms with van der Waals surface area (Å²) >= 11 is 1.59. The van der Waals surface area contributed by atoms with Crippen LogP contribution in [0.25, 0.3) is 11.3 Å². The molecule has 2 atom stereocenters. The fraction of sp³-hybridized carbons (Fsp3) is 0.500. The molecule has 2 aromatic rings. The first kappa shape index (κ1) is 12.9. The number of carbonyl (C=O) groups excluding carboxylic acids is 1. The molecular weight excluding hydrogens is 294 g/mol. The highest BCUT2D eigenvalue weighted by atomic mass is 32.1. The summed E-state index contributed by atoms with van der Waals surface area (Å²) < 4.78 is 5.42. The van der Waals surface area contributed by atoms with Gasteiger partial charge in [0.1, 0.15) is 5.76 Å². The van der Waals surface area contributed by atoms with Gasteiger partial charge in [-0.15, -0.1) is 11.3 Å². The minimum atomic E-state index is -0.0532. The Bertz CT molecular complexity index is 703. The molecule has 0 aliphatic heterocycles. The molecule has 4 aliphatic rings. The largest absolute Gasteiger partial charge is 0.464 e. The molecule has 0 saturated heterocycles. The van der Waals surface area contributed by atoms with E-state index in [2.05, 4.69) is 5.32 Å². The summed E-state index contributed by atoms with van der Waals surface area (Å²) in [6.07, 6.45) is 7.86. The molecule has 3 nitrogen and oxygen atoms in total. The van der Waals surface area contributed by atoms with Crippen molar-refractivity contribution in [3.8, 4) is 11.3 Å². The molecule has 0 radical (unpaired) electrons. The van der Waals surface area contributed by atoms with E-state index in [-0.39, 0.29) is 11.3 Å². The van der Waals surface area contributed by atoms with Gasteiger partial charge in [-0.2, -0.15) is 0 Å². The van der Waals surface area contributed by atoms with Gasteiger partial charge in [-0.25, -0.2) is 0 Å². The van der Waals surface area contributed by atoms with E-state index in [0.29, 0.717) is 5.92 Å². The molecule has 22 heavy (non-hydrogen) atoms. The van der Waals surface area contributed by atoms with Crippen LogP contribution >= 0.6 is 11.3 Å². The van der Waals surface area contributed by atoms with Gasteiger partial charge in [0.2, 0.25) is 5.91 Å². The first-order valence-corrected chi connectivity index (χ1v) is 9.05. The Hall–Kier alpha value is -1.55. The van der Waals surface area contributed by atoms with Gasteiger partial charge < -0.3 is 9.73 Å². The predicted octanol–water partition coefficient (Wildman–Crippen LogP) is 4.77. The third-order valence-electron chi connectivity index (χ3n) is 6.08. The van der Waals surface area contributed by atoms with Crippen LogP contribution in [-0.4, -0.2) is 5.91 Å². The second kappa shape index (κ2) is 4.48. The zero-order valence-electron chi connectivity index (χ0n) is 12.4. The first-order chi connectivity index (χ1) is 10.7. The Morgan fingerprint density at radius 3 is 2.82 bits per heavy atom. The Morgan fingerprint density at radius 2 is 2.09 bits per heavy atom. The summed E-state index contributed by atoms with van der Waals surface area (Å²) in [6.45, 7) is 0. The van der Waals surface area contributed by atoms with Crippen LogP contribution in [-0.2, 0) is 4.79 Å². The van der Waals surface area contributed by atoms with Gasteiger partial charge in [0, 0.05) is 10.9 Å². The molecule has 0 spiro atoms. The van der Waals surface area contributed by atoms with Crippen LogP contribution in [0.4, 0.5) is 5.00 Å². The van der Waals surface area contributed by atoms with Crippen molar-refractivity contribution in [3.63, 3.8) is 0 Å². The number of thiophene rings is 1. The molecule has 4 bridgehead atoms. The van der Waals surface area contributed by atoms with Crippen molar-refractivity contribution in [2.24, 2.45) is 23.2 Å². The van der Waals surface area contributed by atoms with Crippen LogP contribution in [0.5, 0.6) is 0 Å². The second-order valence-corrected chi connectivity index (χ2v) is 8.24. The van der Waals surface area contributed by atoms with Crippen molar-refractivity contribution in [1.82, 2.24) is 0 Å². The summed E-state index contributed by atoms with van der Waals surface area (Å²) in [7, 11) is 0. The highest BCUT2D eigenvalue weighted by Crippen LogP contribution is 2.65. The number of amides is 1. The monoisotopic (exact) mass is 313 g/mol. The summed E-state index contributed by atoms with van der Waals surface area (Å²) in [6, 6.07) is 5.86. The lowest BCUT2D eigenvalue weighted by Gasteiger charge is -2.31. The number of anilines is 1. The molecule has 1 N–H and O–H groups in total. The van der Waals surface area contributed by atoms with Crippen molar-refractivity contribution in [2.75, 3.05) is 5.32 Å². The smallest absolute Gasteiger partial charge is 0.231 e. The zero-order chi connectivity index (χ0) is 14.7. The molecule has 2 heterocycles. The highest BCUT2D eigenvalue weighted by molar-refractivity contribution is 7.14. The van der Waals surface area contributed by atoms with E-state index >= 15 is 0 Å². The van der Waals surface area contributed by atoms with Crippen molar-refractivity contribution >= 4 is 22.2 Å². The quantitative estimate of drug-likeness (QED) is 0.886. The summed E-state index contributed by atoms with van der Waals surface area (Å²) in [5.41, 5.74) is 0.989. The van der Waals surface area contributed by atoms with Crippen LogP contribution in [0.2, 0.25) is 0 Å². The third kappa shape index (κ3) is 1.76. The summed E-state index contributed by atoms with van der Waals surface area (Å²) in [5, 5.41) is 6.20. The fourth-order valence-electron chi connectivity index (χ4n) is 5.38. The number of carbonyl (C=O) groups is 1. The van der Waals surface area contributed by atoms with Gasteiger partial charge in [0.05, 0.1) is 16.7 Å². The van der Waals surface area contributed by atoms with E-state index in [1.54, 1.807) is 17.6 Å². The standard InChI is InChI=1S/C18H19NO2S/c20-17(18-8-11-4-12(9-18)6-14(18)5-11)19-16-7-13(10-22-16)15-2-1-3-21-15/h1-3,7,10-12,14H,4-6,8-9H2,(H,19,20). The third-order valence-corrected chi connectivity index (χ3v) is 6.93. The van der Waals surface area contributed by atoms with Crippen molar-refractivity contribution in [1.29, 1.82) is 0 Å². The Labute approximate surface area is 133 Å². The lowest BCUT2D eigenvalue weighted by molar-refractivity contribution is -0.127. The molecule has 4 heteroatoms. The zero-order valence-corrected chi connectivity index (χ0v) is 13.2. The fourth-order valence-corrected chi connectivity index (χ4v) is 6.16. The number of rotatable bonds is 3. The highest BCUT2D eigenvalue weighted by Gasteiger charge is 2.61. The maximum atomic E-state index is 13.0. The molecule has 2 unspecified atom stereocenters. The molecule has 4 saturated carbocycles. The molecule has 2 aromatic heterocycles. The van der Waals surface area contributed by atoms with E-state index < -0.39 is 0 Å². The lowest BCUT2D eigenvalue weighted by Crippen LogP contribution is -2.37. The Morgan fingerprint density at radius 1 is 1.27 bits per heavy atom. The maximum absolute atomic E-state index is 13.0. The minimum Gasteiger partial charge on any atom is -0.464 e. The van der Waals surface area contributed by atoms with Crippen molar-refractivity contribution in [3.05, 3.63) is 29.8 Å². The van der Waals surface area contributed by atoms with Gasteiger partial charge in [-0.1, -0.05) is 0 Å². The van der Waals surface area contributed by atoms with Crippen LogP contribution < -0.4 is 5.32 Å². The van der Waals surface area contributed by atoms with Gasteiger partial charge in [-0.05, 0) is 68.1 Å². The SMILES string of the molecule is O=C(Nc1cc(-c2ccco2)cs1)C12CC3CC(CC1C3)C2. The number of hydrogen-bond donors (Lipinski definition) is 1. The second-order valence-electron chi connectivity index (χ2n) is 7.33. The van der Waals surface area contributed by atoms with Crippen LogP contribution in [0.15, 0.2) is 34.3 Å². The molecular formula is C18H19NO2S. The molecule has 0 aromatic carbocycles. The maximum Gasteiger partial charge on any atom is 0.231 e. The normalized spacial score (nSPS) is 35.2. The van der Waals surface area contributed by atoms with Crippen LogP contribution in [0, 0.1) is 23.2 Å². The summed E-state index contributed by atoms with van der Waals surface area (Å²) in [4.78, 5) is 13.0. The molecule has 4 aliphatic carbocycles. The first-order valence-electron chi connectivity index (χ1n) is 8.17. The molecule has 1 amide bonds. The topological polar surface area (TPSA) is 42.2 Å². The Kier molecular flexibility index (Phi) is 2.63. The molecule has 4 fully saturated rings. The lowest BCUT2D eigenvalue weighted by atomic mass is 9.75. The number of furan rings is 1. The van der Waals surface area contributed by atoms with E-state index in [0.717, 1.165) is 41.0 Å². The molecule has 6 rings (SSSR count). The van der Waals surface area contributed by atoms with Gasteiger partial charge in [-0.3, -0.25) is 4.79 Å². The average molecular weight is 313 g/mol. The van der Waals surface area contributed by atoms with Crippen molar-refractivity contribution < 1.29 is 9.21 Å². The number of nitrogens with one attached hydrogen (secondary N) is 1. The van der Waals surface area contributed by atoms with E-state index in [9.17, 15) is 4.79 Å². The van der Waals surface area contributed by atoms with E-state index in [1.165, 1.54) is 19.3 Å². The van der Waals surface area contributed by atoms with Gasteiger partial charge in [0.25, 0.3) is 0 Å². The van der Waals surface area contributed by atoms with Crippen LogP contribution in [0.1, 0.15) is 32.1 Å². The van der Waals surface area contributed by atoms with Crippen molar-refractivity contribution in [2.45, 2.75) is 32.1 Å².